The maximum atomic E-state index is 4.97. The van der Waals surface area contributed by atoms with Gasteiger partial charge in [-0.05, 0) is 19.5 Å². The number of rotatable bonds is 6. The van der Waals surface area contributed by atoms with Gasteiger partial charge in [-0.25, -0.2) is 0 Å². The van der Waals surface area contributed by atoms with Crippen molar-refractivity contribution in [3.63, 3.8) is 0 Å². The molecule has 0 aliphatic carbocycles. The number of methoxy groups -OCH3 is 1. The lowest BCUT2D eigenvalue weighted by Crippen LogP contribution is -2.35. The van der Waals surface area contributed by atoms with Crippen LogP contribution in [0.1, 0.15) is 6.42 Å². The summed E-state index contributed by atoms with van der Waals surface area (Å²) in [6.07, 6.45) is 1.28. The zero-order valence-corrected chi connectivity index (χ0v) is 9.22. The van der Waals surface area contributed by atoms with Gasteiger partial charge in [-0.15, -0.1) is 0 Å². The second-order valence-corrected chi connectivity index (χ2v) is 3.69. The minimum absolute atomic E-state index is 0.807. The molecule has 1 aliphatic heterocycles. The van der Waals surface area contributed by atoms with Crippen molar-refractivity contribution in [1.29, 1.82) is 0 Å². The fraction of sp³-hybridized carbons (Fsp3) is 1.00. The Hall–Kier alpha value is -0.160. The normalized spacial score (nSPS) is 19.5. The quantitative estimate of drug-likeness (QED) is 0.569. The highest BCUT2D eigenvalue weighted by molar-refractivity contribution is 4.66. The molecule has 0 aromatic heterocycles. The molecule has 1 heterocycles. The molecule has 0 aromatic rings. The lowest BCUT2D eigenvalue weighted by molar-refractivity contribution is 0.197. The van der Waals surface area contributed by atoms with Gasteiger partial charge in [0.15, 0.2) is 0 Å². The highest BCUT2D eigenvalue weighted by Crippen LogP contribution is 1.93. The van der Waals surface area contributed by atoms with Crippen molar-refractivity contribution in [3.05, 3.63) is 0 Å². The number of hydrogen-bond acceptors (Lipinski definition) is 4. The van der Waals surface area contributed by atoms with Gasteiger partial charge in [0.1, 0.15) is 0 Å². The Balaban J connectivity index is 1.93. The zero-order valence-electron chi connectivity index (χ0n) is 9.22. The largest absolute Gasteiger partial charge is 0.383 e. The molecule has 2 N–H and O–H groups in total. The predicted molar refractivity (Wildman–Crippen MR) is 58.7 cm³/mol. The fourth-order valence-corrected chi connectivity index (χ4v) is 1.66. The van der Waals surface area contributed by atoms with E-state index in [1.807, 2.05) is 0 Å². The van der Waals surface area contributed by atoms with Crippen LogP contribution in [0.25, 0.3) is 0 Å². The molecule has 1 fully saturated rings. The monoisotopic (exact) mass is 201 g/mol. The van der Waals surface area contributed by atoms with Crippen LogP contribution in [0.15, 0.2) is 0 Å². The molecule has 84 valence electrons. The lowest BCUT2D eigenvalue weighted by atomic mass is 10.4. The van der Waals surface area contributed by atoms with Crippen LogP contribution < -0.4 is 10.6 Å². The minimum Gasteiger partial charge on any atom is -0.383 e. The van der Waals surface area contributed by atoms with E-state index in [-0.39, 0.29) is 0 Å². The first kappa shape index (κ1) is 11.9. The summed E-state index contributed by atoms with van der Waals surface area (Å²) in [6, 6.07) is 0. The molecule has 4 nitrogen and oxygen atoms in total. The second-order valence-electron chi connectivity index (χ2n) is 3.69. The van der Waals surface area contributed by atoms with Crippen LogP contribution >= 0.6 is 0 Å². The van der Waals surface area contributed by atoms with Crippen molar-refractivity contribution in [2.24, 2.45) is 0 Å². The van der Waals surface area contributed by atoms with Gasteiger partial charge in [-0.2, -0.15) is 0 Å². The summed E-state index contributed by atoms with van der Waals surface area (Å²) in [6.45, 7) is 8.73. The van der Waals surface area contributed by atoms with Gasteiger partial charge in [0.2, 0.25) is 0 Å². The average Bonchev–Trinajstić information content (AvgIpc) is 2.46. The minimum atomic E-state index is 0.807. The summed E-state index contributed by atoms with van der Waals surface area (Å²) in [5, 5.41) is 6.77. The molecule has 0 spiro atoms. The third-order valence-electron chi connectivity index (χ3n) is 2.52. The summed E-state index contributed by atoms with van der Waals surface area (Å²) in [7, 11) is 1.74. The SMILES string of the molecule is COCCNCCN1CCCNCC1. The van der Waals surface area contributed by atoms with Crippen molar-refractivity contribution < 1.29 is 4.74 Å². The van der Waals surface area contributed by atoms with Crippen molar-refractivity contribution in [1.82, 2.24) is 15.5 Å². The van der Waals surface area contributed by atoms with Crippen LogP contribution in [0.3, 0.4) is 0 Å². The molecule has 0 bridgehead atoms. The average molecular weight is 201 g/mol. The summed E-state index contributed by atoms with van der Waals surface area (Å²) in [4.78, 5) is 2.51. The molecule has 1 aliphatic rings. The van der Waals surface area contributed by atoms with Gasteiger partial charge in [0.05, 0.1) is 6.61 Å². The van der Waals surface area contributed by atoms with E-state index in [1.54, 1.807) is 7.11 Å². The van der Waals surface area contributed by atoms with E-state index in [4.69, 9.17) is 4.74 Å². The maximum absolute atomic E-state index is 4.97. The Bertz CT molecular complexity index is 125. The molecule has 0 amide bonds. The van der Waals surface area contributed by atoms with Gasteiger partial charge in [0.25, 0.3) is 0 Å². The molecule has 1 rings (SSSR count). The number of ether oxygens (including phenoxy) is 1. The third kappa shape index (κ3) is 5.54. The Morgan fingerprint density at radius 3 is 3.07 bits per heavy atom. The summed E-state index contributed by atoms with van der Waals surface area (Å²) in [5.74, 6) is 0. The first-order valence-corrected chi connectivity index (χ1v) is 5.56. The maximum Gasteiger partial charge on any atom is 0.0587 e. The Kier molecular flexibility index (Phi) is 6.95. The van der Waals surface area contributed by atoms with Gasteiger partial charge in [-0.3, -0.25) is 0 Å². The van der Waals surface area contributed by atoms with Crippen LogP contribution in [0.5, 0.6) is 0 Å². The van der Waals surface area contributed by atoms with E-state index in [2.05, 4.69) is 15.5 Å². The standard InChI is InChI=1S/C10H23N3O/c1-14-10-6-12-5-9-13-7-2-3-11-4-8-13/h11-12H,2-10H2,1H3. The van der Waals surface area contributed by atoms with Crippen LogP contribution in [-0.4, -0.2) is 64.4 Å². The van der Waals surface area contributed by atoms with Crippen LogP contribution in [0, 0.1) is 0 Å². The molecule has 0 radical (unpaired) electrons. The molecule has 14 heavy (non-hydrogen) atoms. The van der Waals surface area contributed by atoms with Crippen LogP contribution in [-0.2, 0) is 4.74 Å². The van der Waals surface area contributed by atoms with Gasteiger partial charge < -0.3 is 20.3 Å². The number of nitrogens with zero attached hydrogens (tertiary/aromatic N) is 1. The van der Waals surface area contributed by atoms with Crippen molar-refractivity contribution in [2.45, 2.75) is 6.42 Å². The first-order chi connectivity index (χ1) is 6.93. The molecular weight excluding hydrogens is 178 g/mol. The third-order valence-corrected chi connectivity index (χ3v) is 2.52. The molecule has 0 aromatic carbocycles. The smallest absolute Gasteiger partial charge is 0.0587 e. The predicted octanol–water partition coefficient (Wildman–Crippen LogP) is -0.482. The molecule has 0 unspecified atom stereocenters. The van der Waals surface area contributed by atoms with E-state index in [0.29, 0.717) is 0 Å². The Labute approximate surface area is 87.0 Å². The van der Waals surface area contributed by atoms with E-state index in [0.717, 1.165) is 32.8 Å². The topological polar surface area (TPSA) is 36.5 Å². The Morgan fingerprint density at radius 2 is 2.21 bits per heavy atom. The zero-order chi connectivity index (χ0) is 10.1. The second kappa shape index (κ2) is 8.17. The van der Waals surface area contributed by atoms with Crippen molar-refractivity contribution in [3.8, 4) is 0 Å². The van der Waals surface area contributed by atoms with Crippen LogP contribution in [0.4, 0.5) is 0 Å². The lowest BCUT2D eigenvalue weighted by Gasteiger charge is -2.19. The highest BCUT2D eigenvalue weighted by Gasteiger charge is 2.06. The molecule has 0 saturated carbocycles. The van der Waals surface area contributed by atoms with E-state index >= 15 is 0 Å². The molecule has 0 atom stereocenters. The number of hydrogen-bond donors (Lipinski definition) is 2. The summed E-state index contributed by atoms with van der Waals surface area (Å²) >= 11 is 0. The highest BCUT2D eigenvalue weighted by atomic mass is 16.5. The van der Waals surface area contributed by atoms with E-state index in [1.165, 1.54) is 26.1 Å². The molecular formula is C10H23N3O. The van der Waals surface area contributed by atoms with Gasteiger partial charge in [0, 0.05) is 39.8 Å². The Morgan fingerprint density at radius 1 is 1.29 bits per heavy atom. The van der Waals surface area contributed by atoms with E-state index in [9.17, 15) is 0 Å². The summed E-state index contributed by atoms with van der Waals surface area (Å²) in [5.41, 5.74) is 0. The number of nitrogens with one attached hydrogen (secondary N) is 2. The van der Waals surface area contributed by atoms with Gasteiger partial charge in [-0.1, -0.05) is 0 Å². The van der Waals surface area contributed by atoms with E-state index < -0.39 is 0 Å². The van der Waals surface area contributed by atoms with Gasteiger partial charge >= 0.3 is 0 Å². The van der Waals surface area contributed by atoms with Crippen LogP contribution in [0.2, 0.25) is 0 Å². The first-order valence-electron chi connectivity index (χ1n) is 5.56. The molecule has 4 heteroatoms. The molecule has 1 saturated heterocycles. The fourth-order valence-electron chi connectivity index (χ4n) is 1.66. The summed E-state index contributed by atoms with van der Waals surface area (Å²) < 4.78 is 4.97. The van der Waals surface area contributed by atoms with Crippen molar-refractivity contribution in [2.75, 3.05) is 59.5 Å². The van der Waals surface area contributed by atoms with Crippen molar-refractivity contribution >= 4 is 0 Å².